The first-order valence-corrected chi connectivity index (χ1v) is 7.56. The van der Waals surface area contributed by atoms with Gasteiger partial charge in [-0.25, -0.2) is 0 Å². The van der Waals surface area contributed by atoms with Gasteiger partial charge in [-0.1, -0.05) is 32.4 Å². The fraction of sp³-hybridized carbons (Fsp3) is 0.412. The zero-order valence-corrected chi connectivity index (χ0v) is 14.5. The molecule has 1 aromatic rings. The van der Waals surface area contributed by atoms with Crippen molar-refractivity contribution in [3.63, 3.8) is 0 Å². The van der Waals surface area contributed by atoms with Crippen LogP contribution in [0.15, 0.2) is 41.2 Å². The van der Waals surface area contributed by atoms with E-state index in [2.05, 4.69) is 26.2 Å². The highest BCUT2D eigenvalue weighted by Crippen LogP contribution is 2.35. The minimum Gasteiger partial charge on any atom is -0.497 e. The van der Waals surface area contributed by atoms with E-state index in [9.17, 15) is 0 Å². The second-order valence-corrected chi connectivity index (χ2v) is 6.54. The highest BCUT2D eigenvalue weighted by molar-refractivity contribution is 6.29. The number of hydrogen-bond donors (Lipinski definition) is 1. The third-order valence-electron chi connectivity index (χ3n) is 3.57. The van der Waals surface area contributed by atoms with Gasteiger partial charge in [0.15, 0.2) is 0 Å². The molecule has 1 N–H and O–H groups in total. The first-order valence-electron chi connectivity index (χ1n) is 7.18. The molecule has 120 valence electrons. The summed E-state index contributed by atoms with van der Waals surface area (Å²) in [5.41, 5.74) is 5.28. The van der Waals surface area contributed by atoms with Gasteiger partial charge in [0, 0.05) is 17.8 Å². The Morgan fingerprint density at radius 1 is 1.18 bits per heavy atom. The van der Waals surface area contributed by atoms with Crippen LogP contribution in [0.3, 0.4) is 0 Å². The summed E-state index contributed by atoms with van der Waals surface area (Å²) < 4.78 is 10.7. The number of ether oxygens (including phenoxy) is 2. The van der Waals surface area contributed by atoms with Crippen molar-refractivity contribution in [1.29, 1.82) is 0 Å². The van der Waals surface area contributed by atoms with Crippen LogP contribution in [0.4, 0.5) is 0 Å². The van der Waals surface area contributed by atoms with E-state index < -0.39 is 0 Å². The highest BCUT2D eigenvalue weighted by Gasteiger charge is 2.24. The SMILES string of the molecule is COc1ccc(CN2NC=CC(C(C)(C)C)=C2Cl)c(OC)c1. The van der Waals surface area contributed by atoms with Gasteiger partial charge in [-0.15, -0.1) is 0 Å². The van der Waals surface area contributed by atoms with Crippen LogP contribution in [0.1, 0.15) is 26.3 Å². The molecule has 1 aromatic carbocycles. The van der Waals surface area contributed by atoms with Crippen molar-refractivity contribution >= 4 is 11.6 Å². The fourth-order valence-electron chi connectivity index (χ4n) is 2.31. The van der Waals surface area contributed by atoms with Crippen LogP contribution < -0.4 is 14.9 Å². The largest absolute Gasteiger partial charge is 0.497 e. The number of rotatable bonds is 4. The molecule has 0 saturated carbocycles. The van der Waals surface area contributed by atoms with E-state index in [0.717, 1.165) is 22.6 Å². The van der Waals surface area contributed by atoms with Crippen LogP contribution >= 0.6 is 11.6 Å². The van der Waals surface area contributed by atoms with Crippen molar-refractivity contribution in [1.82, 2.24) is 10.4 Å². The minimum absolute atomic E-state index is 0.0159. The Morgan fingerprint density at radius 2 is 1.91 bits per heavy atom. The van der Waals surface area contributed by atoms with Crippen molar-refractivity contribution in [3.8, 4) is 11.5 Å². The van der Waals surface area contributed by atoms with Crippen LogP contribution in [0, 0.1) is 5.41 Å². The van der Waals surface area contributed by atoms with Crippen LogP contribution in [0.5, 0.6) is 11.5 Å². The van der Waals surface area contributed by atoms with E-state index >= 15 is 0 Å². The summed E-state index contributed by atoms with van der Waals surface area (Å²) in [5.74, 6) is 1.54. The van der Waals surface area contributed by atoms with E-state index in [-0.39, 0.29) is 5.41 Å². The van der Waals surface area contributed by atoms with Gasteiger partial charge in [0.2, 0.25) is 0 Å². The van der Waals surface area contributed by atoms with E-state index in [0.29, 0.717) is 11.7 Å². The van der Waals surface area contributed by atoms with Gasteiger partial charge in [0.1, 0.15) is 16.7 Å². The standard InChI is InChI=1S/C17H23ClN2O2/c1-17(2,3)14-8-9-19-20(16(14)18)11-12-6-7-13(21-4)10-15(12)22-5/h6-10,19H,11H2,1-5H3. The lowest BCUT2D eigenvalue weighted by atomic mass is 9.86. The maximum Gasteiger partial charge on any atom is 0.127 e. The number of allylic oxidation sites excluding steroid dienone is 2. The van der Waals surface area contributed by atoms with Crippen LogP contribution in [0.25, 0.3) is 0 Å². The number of hydrogen-bond acceptors (Lipinski definition) is 4. The molecule has 0 aromatic heterocycles. The molecule has 0 fully saturated rings. The average molecular weight is 323 g/mol. The maximum absolute atomic E-state index is 6.56. The van der Waals surface area contributed by atoms with E-state index in [1.165, 1.54) is 0 Å². The fourth-order valence-corrected chi connectivity index (χ4v) is 2.76. The lowest BCUT2D eigenvalue weighted by molar-refractivity contribution is 0.275. The van der Waals surface area contributed by atoms with Gasteiger partial charge in [-0.05, 0) is 29.2 Å². The number of hydrazine groups is 1. The lowest BCUT2D eigenvalue weighted by Gasteiger charge is -2.33. The van der Waals surface area contributed by atoms with Crippen molar-refractivity contribution in [2.45, 2.75) is 27.3 Å². The number of nitrogens with zero attached hydrogens (tertiary/aromatic N) is 1. The molecule has 5 heteroatoms. The predicted molar refractivity (Wildman–Crippen MR) is 89.7 cm³/mol. The summed E-state index contributed by atoms with van der Waals surface area (Å²) in [6, 6.07) is 5.77. The molecular formula is C17H23ClN2O2. The number of methoxy groups -OCH3 is 2. The van der Waals surface area contributed by atoms with Crippen molar-refractivity contribution in [2.75, 3.05) is 14.2 Å². The number of halogens is 1. The average Bonchev–Trinajstić information content (AvgIpc) is 2.48. The molecule has 1 heterocycles. The Labute approximate surface area is 137 Å². The molecule has 22 heavy (non-hydrogen) atoms. The molecule has 0 unspecified atom stereocenters. The van der Waals surface area contributed by atoms with Crippen molar-refractivity contribution in [2.24, 2.45) is 5.41 Å². The molecule has 0 aliphatic carbocycles. The van der Waals surface area contributed by atoms with Gasteiger partial charge in [0.05, 0.1) is 20.8 Å². The van der Waals surface area contributed by atoms with Crippen LogP contribution in [0.2, 0.25) is 0 Å². The molecule has 0 bridgehead atoms. The molecule has 1 aliphatic heterocycles. The zero-order chi connectivity index (χ0) is 16.3. The summed E-state index contributed by atoms with van der Waals surface area (Å²) in [6.07, 6.45) is 3.92. The summed E-state index contributed by atoms with van der Waals surface area (Å²) >= 11 is 6.56. The summed E-state index contributed by atoms with van der Waals surface area (Å²) in [4.78, 5) is 0. The second-order valence-electron chi connectivity index (χ2n) is 6.18. The lowest BCUT2D eigenvalue weighted by Crippen LogP contribution is -2.35. The molecule has 4 nitrogen and oxygen atoms in total. The number of nitrogens with one attached hydrogen (secondary N) is 1. The topological polar surface area (TPSA) is 33.7 Å². The van der Waals surface area contributed by atoms with Gasteiger partial charge < -0.3 is 14.9 Å². The second kappa shape index (κ2) is 6.53. The Balaban J connectivity index is 2.28. The molecule has 1 aliphatic rings. The Bertz CT molecular complexity index is 603. The normalized spacial score (nSPS) is 14.9. The van der Waals surface area contributed by atoms with E-state index in [4.69, 9.17) is 21.1 Å². The minimum atomic E-state index is -0.0159. The highest BCUT2D eigenvalue weighted by atomic mass is 35.5. The van der Waals surface area contributed by atoms with Gasteiger partial charge in [-0.3, -0.25) is 5.01 Å². The maximum atomic E-state index is 6.56. The summed E-state index contributed by atoms with van der Waals surface area (Å²) in [6.45, 7) is 7.03. The van der Waals surface area contributed by atoms with Gasteiger partial charge >= 0.3 is 0 Å². The predicted octanol–water partition coefficient (Wildman–Crippen LogP) is 4.03. The van der Waals surface area contributed by atoms with Gasteiger partial charge in [0.25, 0.3) is 0 Å². The zero-order valence-electron chi connectivity index (χ0n) is 13.7. The smallest absolute Gasteiger partial charge is 0.127 e. The molecule has 0 amide bonds. The van der Waals surface area contributed by atoms with Crippen LogP contribution in [-0.4, -0.2) is 19.2 Å². The Hall–Kier alpha value is -1.81. The molecule has 0 spiro atoms. The third-order valence-corrected chi connectivity index (χ3v) is 3.98. The third kappa shape index (κ3) is 3.50. The molecule has 0 saturated heterocycles. The Kier molecular flexibility index (Phi) is 4.91. The monoisotopic (exact) mass is 322 g/mol. The quantitative estimate of drug-likeness (QED) is 0.848. The van der Waals surface area contributed by atoms with E-state index in [1.807, 2.05) is 35.5 Å². The first kappa shape index (κ1) is 16.6. The van der Waals surface area contributed by atoms with Crippen molar-refractivity contribution in [3.05, 3.63) is 46.8 Å². The number of benzene rings is 1. The molecular weight excluding hydrogens is 300 g/mol. The van der Waals surface area contributed by atoms with E-state index in [1.54, 1.807) is 14.2 Å². The summed E-state index contributed by atoms with van der Waals surface area (Å²) in [7, 11) is 3.29. The molecule has 2 rings (SSSR count). The van der Waals surface area contributed by atoms with Gasteiger partial charge in [-0.2, -0.15) is 0 Å². The molecule has 0 atom stereocenters. The summed E-state index contributed by atoms with van der Waals surface area (Å²) in [5, 5.41) is 2.61. The Morgan fingerprint density at radius 3 is 2.50 bits per heavy atom. The van der Waals surface area contributed by atoms with Crippen LogP contribution in [-0.2, 0) is 6.54 Å². The van der Waals surface area contributed by atoms with Crippen molar-refractivity contribution < 1.29 is 9.47 Å². The molecule has 0 radical (unpaired) electrons. The first-order chi connectivity index (χ1) is 10.4.